The quantitative estimate of drug-likeness (QED) is 0.801. The number of hydrogen-bond donors (Lipinski definition) is 1. The molecule has 0 spiro atoms. The minimum atomic E-state index is -5.12. The number of halogens is 1. The molecule has 0 saturated carbocycles. The van der Waals surface area contributed by atoms with Crippen LogP contribution in [0.1, 0.15) is 0 Å². The first kappa shape index (κ1) is 9.48. The molecule has 0 fully saturated rings. The second-order valence-corrected chi connectivity index (χ2v) is 4.55. The zero-order chi connectivity index (χ0) is 9.19. The molecule has 4 nitrogen and oxygen atoms in total. The first-order chi connectivity index (χ1) is 5.47. The van der Waals surface area contributed by atoms with Gasteiger partial charge in [0.25, 0.3) is 0 Å². The van der Waals surface area contributed by atoms with Crippen LogP contribution in [0.25, 0.3) is 0 Å². The van der Waals surface area contributed by atoms with Gasteiger partial charge in [0.15, 0.2) is 0 Å². The van der Waals surface area contributed by atoms with Gasteiger partial charge in [-0.2, -0.15) is 0 Å². The zero-order valence-corrected chi connectivity index (χ0v) is 8.24. The molecule has 0 amide bonds. The van der Waals surface area contributed by atoms with Gasteiger partial charge >= 0.3 is 75.7 Å². The molecule has 1 rings (SSSR count). The Morgan fingerprint density at radius 2 is 1.75 bits per heavy atom. The molecule has 0 radical (unpaired) electrons. The molecule has 0 saturated heterocycles. The van der Waals surface area contributed by atoms with E-state index in [1.807, 2.05) is 0 Å². The summed E-state index contributed by atoms with van der Waals surface area (Å²) >= 11 is 0.399. The van der Waals surface area contributed by atoms with Gasteiger partial charge in [-0.05, 0) is 0 Å². The third-order valence-corrected chi connectivity index (χ3v) is 2.11. The summed E-state index contributed by atoms with van der Waals surface area (Å²) in [6.45, 7) is 0. The van der Waals surface area contributed by atoms with Crippen molar-refractivity contribution < 1.29 is 15.7 Å². The third kappa shape index (κ3) is 3.19. The Balaban J connectivity index is 2.85. The van der Waals surface area contributed by atoms with Gasteiger partial charge in [-0.3, -0.25) is 0 Å². The predicted octanol–water partition coefficient (Wildman–Crippen LogP) is 1.01. The summed E-state index contributed by atoms with van der Waals surface area (Å²) in [6.07, 6.45) is 0. The average Bonchev–Trinajstić information content (AvgIpc) is 1.91. The van der Waals surface area contributed by atoms with Crippen LogP contribution >= 0.6 is 11.6 Å². The molecule has 12 heavy (non-hydrogen) atoms. The molecule has 1 N–H and O–H groups in total. The van der Waals surface area contributed by atoms with Crippen LogP contribution in [-0.2, 0) is 7.67 Å². The summed E-state index contributed by atoms with van der Waals surface area (Å²) in [7, 11) is 0. The fourth-order valence-corrected chi connectivity index (χ4v) is 1.48. The van der Waals surface area contributed by atoms with E-state index in [-0.39, 0.29) is 5.75 Å². The van der Waals surface area contributed by atoms with Crippen LogP contribution in [0.15, 0.2) is 24.3 Å². The molecular weight excluding hydrogens is 250 g/mol. The maximum absolute atomic E-state index is 10.3. The Morgan fingerprint density at radius 1 is 1.25 bits per heavy atom. The van der Waals surface area contributed by atoms with E-state index in [1.165, 1.54) is 24.3 Å². The minimum absolute atomic E-state index is 0.0481. The van der Waals surface area contributed by atoms with Crippen molar-refractivity contribution in [2.24, 2.45) is 0 Å². The number of benzene rings is 1. The maximum atomic E-state index is 10.3. The van der Waals surface area contributed by atoms with Crippen molar-refractivity contribution in [3.63, 3.8) is 0 Å². The molecule has 0 aromatic heterocycles. The Hall–Kier alpha value is -0.611. The third-order valence-electron chi connectivity index (χ3n) is 1.02. The van der Waals surface area contributed by atoms with Crippen molar-refractivity contribution in [2.45, 2.75) is 0 Å². The molecule has 6 heteroatoms. The SMILES string of the molecule is O=[Se](=O)(O)Oc1ccc(Cl)cc1. The topological polar surface area (TPSA) is 63.6 Å². The standard InChI is InChI=1S/C6H5ClO4Se/c7-5-1-3-6(4-2-5)11-12(8,9)10/h1-4H,(H,8,9,10). The molecule has 1 aromatic carbocycles. The summed E-state index contributed by atoms with van der Waals surface area (Å²) in [6, 6.07) is 5.61. The summed E-state index contributed by atoms with van der Waals surface area (Å²) in [4.78, 5) is 0. The normalized spacial score (nSPS) is 11.2. The van der Waals surface area contributed by atoms with Gasteiger partial charge in [0.2, 0.25) is 0 Å². The Morgan fingerprint density at radius 3 is 2.17 bits per heavy atom. The van der Waals surface area contributed by atoms with Crippen molar-refractivity contribution in [2.75, 3.05) is 0 Å². The summed E-state index contributed by atoms with van der Waals surface area (Å²) < 4.78 is 33.0. The molecule has 1 aromatic rings. The van der Waals surface area contributed by atoms with Crippen molar-refractivity contribution in [1.82, 2.24) is 0 Å². The van der Waals surface area contributed by atoms with E-state index in [1.54, 1.807) is 0 Å². The second-order valence-electron chi connectivity index (χ2n) is 1.96. The van der Waals surface area contributed by atoms with Crippen LogP contribution in [0.5, 0.6) is 5.75 Å². The van der Waals surface area contributed by atoms with Crippen LogP contribution in [0, 0.1) is 0 Å². The molecule has 0 aliphatic heterocycles. The van der Waals surface area contributed by atoms with Crippen LogP contribution in [0.2, 0.25) is 5.02 Å². The summed E-state index contributed by atoms with van der Waals surface area (Å²) in [5, 5.41) is 0.464. The zero-order valence-electron chi connectivity index (χ0n) is 5.77. The Labute approximate surface area is 76.0 Å². The van der Waals surface area contributed by atoms with E-state index in [9.17, 15) is 7.67 Å². The molecule has 0 atom stereocenters. The first-order valence-electron chi connectivity index (χ1n) is 2.90. The van der Waals surface area contributed by atoms with E-state index in [0.717, 1.165) is 0 Å². The fraction of sp³-hybridized carbons (Fsp3) is 0. The van der Waals surface area contributed by atoms with Crippen molar-refractivity contribution in [3.8, 4) is 5.75 Å². The molecule has 0 bridgehead atoms. The Kier molecular flexibility index (Phi) is 2.69. The van der Waals surface area contributed by atoms with E-state index in [2.05, 4.69) is 3.82 Å². The van der Waals surface area contributed by atoms with Crippen molar-refractivity contribution in [3.05, 3.63) is 29.3 Å². The van der Waals surface area contributed by atoms with Crippen LogP contribution in [0.4, 0.5) is 0 Å². The van der Waals surface area contributed by atoms with E-state index in [0.29, 0.717) is 5.02 Å². The predicted molar refractivity (Wildman–Crippen MR) is 41.4 cm³/mol. The van der Waals surface area contributed by atoms with Gasteiger partial charge in [-0.15, -0.1) is 0 Å². The van der Waals surface area contributed by atoms with Crippen LogP contribution in [0.3, 0.4) is 0 Å². The van der Waals surface area contributed by atoms with Gasteiger partial charge in [0, 0.05) is 0 Å². The summed E-state index contributed by atoms with van der Waals surface area (Å²) in [5.74, 6) is 0.0481. The summed E-state index contributed by atoms with van der Waals surface area (Å²) in [5.41, 5.74) is 0. The van der Waals surface area contributed by atoms with Crippen molar-refractivity contribution >= 4 is 25.0 Å². The van der Waals surface area contributed by atoms with E-state index >= 15 is 0 Å². The van der Waals surface area contributed by atoms with Crippen LogP contribution < -0.4 is 3.82 Å². The van der Waals surface area contributed by atoms with Gasteiger partial charge in [0.1, 0.15) is 0 Å². The van der Waals surface area contributed by atoms with Crippen molar-refractivity contribution in [1.29, 1.82) is 0 Å². The molecule has 66 valence electrons. The molecular formula is C6H5ClO4Se. The van der Waals surface area contributed by atoms with Gasteiger partial charge in [-0.1, -0.05) is 0 Å². The second kappa shape index (κ2) is 3.41. The molecule has 0 unspecified atom stereocenters. The van der Waals surface area contributed by atoms with E-state index in [4.69, 9.17) is 15.8 Å². The first-order valence-corrected chi connectivity index (χ1v) is 6.14. The molecule has 0 aliphatic rings. The molecule has 0 aliphatic carbocycles. The van der Waals surface area contributed by atoms with Gasteiger partial charge in [-0.25, -0.2) is 0 Å². The average molecular weight is 256 g/mol. The molecule has 0 heterocycles. The number of rotatable bonds is 2. The fourth-order valence-electron chi connectivity index (χ4n) is 0.612. The number of hydrogen-bond acceptors (Lipinski definition) is 3. The van der Waals surface area contributed by atoms with Gasteiger partial charge in [0.05, 0.1) is 0 Å². The van der Waals surface area contributed by atoms with E-state index < -0.39 is 13.4 Å². The Bertz CT molecular complexity index is 356. The monoisotopic (exact) mass is 256 g/mol. The van der Waals surface area contributed by atoms with Gasteiger partial charge < -0.3 is 0 Å². The van der Waals surface area contributed by atoms with Crippen LogP contribution in [-0.4, -0.2) is 17.6 Å².